The van der Waals surface area contributed by atoms with Crippen molar-refractivity contribution in [2.75, 3.05) is 13.1 Å². The number of carbonyl (C=O) groups is 2. The molecule has 2 aromatic heterocycles. The van der Waals surface area contributed by atoms with Crippen LogP contribution in [0.5, 0.6) is 0 Å². The molecule has 10 nitrogen and oxygen atoms in total. The Morgan fingerprint density at radius 1 is 1.15 bits per heavy atom. The highest BCUT2D eigenvalue weighted by molar-refractivity contribution is 5.94. The van der Waals surface area contributed by atoms with Crippen molar-refractivity contribution < 1.29 is 14.3 Å². The van der Waals surface area contributed by atoms with E-state index in [1.165, 1.54) is 12.7 Å². The monoisotopic (exact) mass is 460 g/mol. The molecule has 3 heterocycles. The van der Waals surface area contributed by atoms with Gasteiger partial charge >= 0.3 is 6.09 Å². The molecule has 0 atom stereocenters. The second kappa shape index (κ2) is 10.8. The Hall–Kier alpha value is -2.91. The average molecular weight is 461 g/mol. The van der Waals surface area contributed by atoms with Crippen LogP contribution in [0.4, 0.5) is 4.79 Å². The van der Waals surface area contributed by atoms with Gasteiger partial charge in [-0.2, -0.15) is 0 Å². The summed E-state index contributed by atoms with van der Waals surface area (Å²) in [5, 5.41) is 3.03. The highest BCUT2D eigenvalue weighted by atomic mass is 16.6. The summed E-state index contributed by atoms with van der Waals surface area (Å²) in [5.74, 6) is 0.0448. The minimum Gasteiger partial charge on any atom is -0.444 e. The van der Waals surface area contributed by atoms with Crippen LogP contribution >= 0.6 is 0 Å². The smallest absolute Gasteiger partial charge is 0.410 e. The first-order valence-electron chi connectivity index (χ1n) is 11.9. The van der Waals surface area contributed by atoms with Crippen LogP contribution in [0.25, 0.3) is 11.2 Å². The van der Waals surface area contributed by atoms with E-state index in [-0.39, 0.29) is 40.5 Å². The van der Waals surface area contributed by atoms with Gasteiger partial charge in [0.1, 0.15) is 5.60 Å². The van der Waals surface area contributed by atoms with Gasteiger partial charge in [-0.1, -0.05) is 19.3 Å². The molecule has 4 rings (SSSR count). The zero-order valence-electron chi connectivity index (χ0n) is 20.1. The van der Waals surface area contributed by atoms with Gasteiger partial charge in [0.05, 0.1) is 6.33 Å². The summed E-state index contributed by atoms with van der Waals surface area (Å²) in [4.78, 5) is 48.1. The summed E-state index contributed by atoms with van der Waals surface area (Å²) in [6.45, 7) is 9.83. The molecule has 1 saturated carbocycles. The minimum absolute atomic E-state index is 0.167. The highest BCUT2D eigenvalue weighted by Crippen LogP contribution is 2.18. The van der Waals surface area contributed by atoms with Gasteiger partial charge in [-0.15, -0.1) is 0 Å². The highest BCUT2D eigenvalue weighted by Gasteiger charge is 2.24. The van der Waals surface area contributed by atoms with E-state index in [9.17, 15) is 14.4 Å². The lowest BCUT2D eigenvalue weighted by Gasteiger charge is -2.23. The van der Waals surface area contributed by atoms with Gasteiger partial charge in [-0.05, 0) is 53.4 Å². The maximum absolute atomic E-state index is 12.4. The average Bonchev–Trinajstić information content (AvgIpc) is 3.42. The van der Waals surface area contributed by atoms with Crippen LogP contribution in [0.1, 0.15) is 83.3 Å². The van der Waals surface area contributed by atoms with Crippen LogP contribution in [-0.2, 0) is 11.3 Å². The number of aromatic amines is 1. The molecule has 2 amide bonds. The molecule has 0 aromatic carbocycles. The van der Waals surface area contributed by atoms with Crippen molar-refractivity contribution in [2.45, 2.75) is 90.8 Å². The predicted molar refractivity (Wildman–Crippen MR) is 125 cm³/mol. The fourth-order valence-electron chi connectivity index (χ4n) is 4.14. The number of imidazole rings is 1. The lowest BCUT2D eigenvalue weighted by Crippen LogP contribution is -2.37. The fourth-order valence-corrected chi connectivity index (χ4v) is 4.14. The van der Waals surface area contributed by atoms with E-state index in [0.29, 0.717) is 12.2 Å². The number of likely N-dealkylation sites (tertiary alicyclic amines) is 1. The zero-order chi connectivity index (χ0) is 24.0. The molecular formula is C23H36N6O4. The number of nitrogens with zero attached hydrogens (tertiary/aromatic N) is 4. The second-order valence-electron chi connectivity index (χ2n) is 9.57. The number of rotatable bonds is 3. The molecule has 1 saturated heterocycles. The number of hydrogen-bond donors (Lipinski definition) is 2. The molecule has 10 heteroatoms. The second-order valence-corrected chi connectivity index (χ2v) is 9.57. The van der Waals surface area contributed by atoms with Crippen molar-refractivity contribution in [1.29, 1.82) is 0 Å². The topological polar surface area (TPSA) is 122 Å². The molecule has 182 valence electrons. The Bertz CT molecular complexity index is 1010. The van der Waals surface area contributed by atoms with Crippen molar-refractivity contribution in [2.24, 2.45) is 0 Å². The van der Waals surface area contributed by atoms with Crippen LogP contribution < -0.4 is 10.9 Å². The van der Waals surface area contributed by atoms with Crippen molar-refractivity contribution in [3.8, 4) is 0 Å². The summed E-state index contributed by atoms with van der Waals surface area (Å²) in [6.07, 6.45) is 8.94. The van der Waals surface area contributed by atoms with E-state index in [1.807, 2.05) is 27.7 Å². The normalized spacial score (nSPS) is 16.9. The van der Waals surface area contributed by atoms with E-state index < -0.39 is 0 Å². The zero-order valence-corrected chi connectivity index (χ0v) is 20.1. The SMILES string of the molecule is CC(C)(C)OC(=O)N1CCCC1.CCn1c(C(=O)NC2CCCCC2)nc2c(=O)[nH]cnc21. The van der Waals surface area contributed by atoms with Crippen LogP contribution in [0.15, 0.2) is 11.1 Å². The van der Waals surface area contributed by atoms with Crippen LogP contribution in [0, 0.1) is 0 Å². The predicted octanol–water partition coefficient (Wildman–Crippen LogP) is 3.22. The van der Waals surface area contributed by atoms with Crippen molar-refractivity contribution >= 4 is 23.2 Å². The summed E-state index contributed by atoms with van der Waals surface area (Å²) in [6, 6.07) is 0.211. The Kier molecular flexibility index (Phi) is 8.10. The van der Waals surface area contributed by atoms with Gasteiger partial charge in [-0.25, -0.2) is 14.8 Å². The van der Waals surface area contributed by atoms with Crippen LogP contribution in [0.2, 0.25) is 0 Å². The molecule has 2 aromatic rings. The van der Waals surface area contributed by atoms with Crippen LogP contribution in [-0.4, -0.2) is 61.2 Å². The largest absolute Gasteiger partial charge is 0.444 e. The number of fused-ring (bicyclic) bond motifs is 1. The summed E-state index contributed by atoms with van der Waals surface area (Å²) >= 11 is 0. The van der Waals surface area contributed by atoms with Crippen molar-refractivity contribution in [3.63, 3.8) is 0 Å². The van der Waals surface area contributed by atoms with Gasteiger partial charge in [-0.3, -0.25) is 9.59 Å². The Labute approximate surface area is 194 Å². The first-order valence-corrected chi connectivity index (χ1v) is 11.9. The molecule has 0 unspecified atom stereocenters. The number of nitrogens with one attached hydrogen (secondary N) is 2. The molecule has 2 fully saturated rings. The van der Waals surface area contributed by atoms with E-state index in [0.717, 1.165) is 51.6 Å². The van der Waals surface area contributed by atoms with Crippen LogP contribution in [0.3, 0.4) is 0 Å². The van der Waals surface area contributed by atoms with Crippen molar-refractivity contribution in [3.05, 3.63) is 22.5 Å². The number of ether oxygens (including phenoxy) is 1. The summed E-state index contributed by atoms with van der Waals surface area (Å²) in [7, 11) is 0. The molecule has 1 aliphatic carbocycles. The van der Waals surface area contributed by atoms with Gasteiger partial charge in [0.15, 0.2) is 11.2 Å². The lowest BCUT2D eigenvalue weighted by atomic mass is 9.95. The third kappa shape index (κ3) is 6.55. The van der Waals surface area contributed by atoms with Crippen molar-refractivity contribution in [1.82, 2.24) is 29.7 Å². The maximum Gasteiger partial charge on any atom is 0.410 e. The summed E-state index contributed by atoms with van der Waals surface area (Å²) in [5.41, 5.74) is -0.0123. The molecule has 0 bridgehead atoms. The van der Waals surface area contributed by atoms with E-state index in [1.54, 1.807) is 9.47 Å². The maximum atomic E-state index is 12.4. The third-order valence-corrected chi connectivity index (χ3v) is 5.76. The first-order chi connectivity index (χ1) is 15.7. The van der Waals surface area contributed by atoms with E-state index in [4.69, 9.17) is 4.74 Å². The van der Waals surface area contributed by atoms with E-state index in [2.05, 4.69) is 20.3 Å². The molecule has 2 aliphatic rings. The van der Waals surface area contributed by atoms with Gasteiger partial charge in [0.25, 0.3) is 11.5 Å². The van der Waals surface area contributed by atoms with Gasteiger partial charge in [0, 0.05) is 25.7 Å². The van der Waals surface area contributed by atoms with Gasteiger partial charge in [0.2, 0.25) is 5.82 Å². The Balaban J connectivity index is 0.000000218. The Morgan fingerprint density at radius 3 is 2.42 bits per heavy atom. The fraction of sp³-hybridized carbons (Fsp3) is 0.696. The Morgan fingerprint density at radius 2 is 1.82 bits per heavy atom. The standard InChI is InChI=1S/C14H19N5O2.C9H17NO2/c1-2-19-11-10(13(20)16-8-15-11)18-12(19)14(21)17-9-6-4-3-5-7-9;1-9(2,3)12-8(11)10-6-4-5-7-10/h8-9H,2-7H2,1H3,(H,17,21)(H,15,16,20);4-7H2,1-3H3. The molecule has 0 radical (unpaired) electrons. The molecular weight excluding hydrogens is 424 g/mol. The van der Waals surface area contributed by atoms with E-state index >= 15 is 0 Å². The molecule has 2 N–H and O–H groups in total. The number of hydrogen-bond acceptors (Lipinski definition) is 6. The number of H-pyrrole nitrogens is 1. The number of carbonyl (C=O) groups excluding carboxylic acids is 2. The quantitative estimate of drug-likeness (QED) is 0.725. The number of aryl methyl sites for hydroxylation is 1. The third-order valence-electron chi connectivity index (χ3n) is 5.76. The molecule has 1 aliphatic heterocycles. The van der Waals surface area contributed by atoms with Gasteiger partial charge < -0.3 is 24.5 Å². The summed E-state index contributed by atoms with van der Waals surface area (Å²) < 4.78 is 6.89. The first kappa shape index (κ1) is 24.7. The molecule has 33 heavy (non-hydrogen) atoms. The lowest BCUT2D eigenvalue weighted by molar-refractivity contribution is 0.0295. The number of amides is 2. The number of aromatic nitrogens is 4. The minimum atomic E-state index is -0.361. The molecule has 0 spiro atoms.